The van der Waals surface area contributed by atoms with E-state index in [1.165, 1.54) is 0 Å². The smallest absolute Gasteiger partial charge is 0.128 e. The number of aliphatic hydroxyl groups excluding tert-OH is 1. The molecule has 1 unspecified atom stereocenters. The number of hydrogen-bond donors (Lipinski definition) is 1. The normalized spacial score (nSPS) is 12.3. The molecule has 0 heterocycles. The Morgan fingerprint density at radius 1 is 1.15 bits per heavy atom. The van der Waals surface area contributed by atoms with Gasteiger partial charge in [0.05, 0.1) is 7.11 Å². The molecular formula is C16H16BrIO2. The molecule has 2 aromatic carbocycles. The molecule has 0 aliphatic rings. The van der Waals surface area contributed by atoms with Gasteiger partial charge in [0.25, 0.3) is 0 Å². The van der Waals surface area contributed by atoms with Gasteiger partial charge in [-0.3, -0.25) is 0 Å². The molecule has 2 rings (SSSR count). The maximum absolute atomic E-state index is 10.7. The van der Waals surface area contributed by atoms with Gasteiger partial charge >= 0.3 is 0 Å². The van der Waals surface area contributed by atoms with E-state index in [1.807, 2.05) is 44.2 Å². The predicted octanol–water partition coefficient (Wildman–Crippen LogP) is 4.76. The van der Waals surface area contributed by atoms with Gasteiger partial charge < -0.3 is 9.84 Å². The van der Waals surface area contributed by atoms with Crippen LogP contribution in [0.2, 0.25) is 0 Å². The van der Waals surface area contributed by atoms with Gasteiger partial charge in [-0.1, -0.05) is 28.1 Å². The molecule has 0 aliphatic heterocycles. The largest absolute Gasteiger partial charge is 0.496 e. The molecule has 0 aromatic heterocycles. The van der Waals surface area contributed by atoms with Crippen LogP contribution in [0.5, 0.6) is 5.75 Å². The molecule has 0 radical (unpaired) electrons. The second-order valence-corrected chi connectivity index (χ2v) is 6.80. The van der Waals surface area contributed by atoms with Crippen LogP contribution in [0, 0.1) is 17.4 Å². The molecule has 0 amide bonds. The molecule has 1 atom stereocenters. The number of halogens is 2. The van der Waals surface area contributed by atoms with Crippen molar-refractivity contribution in [3.8, 4) is 5.75 Å². The number of methoxy groups -OCH3 is 1. The Hall–Kier alpha value is -0.590. The fourth-order valence-electron chi connectivity index (χ4n) is 2.19. The molecule has 0 saturated carbocycles. The lowest BCUT2D eigenvalue weighted by Gasteiger charge is -2.19. The van der Waals surface area contributed by atoms with Crippen LogP contribution in [-0.4, -0.2) is 12.2 Å². The highest BCUT2D eigenvalue weighted by Crippen LogP contribution is 2.37. The molecule has 4 heteroatoms. The Morgan fingerprint density at radius 3 is 2.50 bits per heavy atom. The maximum atomic E-state index is 10.7. The molecule has 0 saturated heterocycles. The highest BCUT2D eigenvalue weighted by molar-refractivity contribution is 14.1. The van der Waals surface area contributed by atoms with Crippen molar-refractivity contribution in [1.29, 1.82) is 0 Å². The maximum Gasteiger partial charge on any atom is 0.128 e. The molecule has 0 fully saturated rings. The molecule has 2 nitrogen and oxygen atoms in total. The van der Waals surface area contributed by atoms with Crippen molar-refractivity contribution >= 4 is 38.5 Å². The van der Waals surface area contributed by atoms with Crippen LogP contribution in [0.3, 0.4) is 0 Å². The summed E-state index contributed by atoms with van der Waals surface area (Å²) in [7, 11) is 1.64. The number of benzene rings is 2. The summed E-state index contributed by atoms with van der Waals surface area (Å²) in [5, 5.41) is 10.7. The van der Waals surface area contributed by atoms with Crippen molar-refractivity contribution < 1.29 is 9.84 Å². The molecule has 0 bridgehead atoms. The van der Waals surface area contributed by atoms with E-state index in [4.69, 9.17) is 4.74 Å². The molecule has 0 aliphatic carbocycles. The lowest BCUT2D eigenvalue weighted by atomic mass is 9.96. The van der Waals surface area contributed by atoms with E-state index in [2.05, 4.69) is 38.5 Å². The summed E-state index contributed by atoms with van der Waals surface area (Å²) in [6.45, 7) is 4.05. The van der Waals surface area contributed by atoms with Gasteiger partial charge in [-0.25, -0.2) is 0 Å². The zero-order chi connectivity index (χ0) is 14.9. The zero-order valence-electron chi connectivity index (χ0n) is 11.6. The summed E-state index contributed by atoms with van der Waals surface area (Å²) >= 11 is 5.75. The molecule has 0 spiro atoms. The minimum Gasteiger partial charge on any atom is -0.496 e. The third-order valence-corrected chi connectivity index (χ3v) is 4.85. The van der Waals surface area contributed by atoms with Crippen LogP contribution >= 0.6 is 38.5 Å². The van der Waals surface area contributed by atoms with E-state index in [1.54, 1.807) is 7.11 Å². The highest BCUT2D eigenvalue weighted by atomic mass is 127. The minimum absolute atomic E-state index is 0.714. The number of aryl methyl sites for hydroxylation is 1. The SMILES string of the molecule is COc1c(C(O)c2cc(I)ccc2Br)ccc(C)c1C. The Balaban J connectivity index is 2.56. The quantitative estimate of drug-likeness (QED) is 0.688. The van der Waals surface area contributed by atoms with Crippen LogP contribution in [-0.2, 0) is 0 Å². The molecule has 1 N–H and O–H groups in total. The first kappa shape index (κ1) is 15.8. The topological polar surface area (TPSA) is 29.5 Å². The molecule has 106 valence electrons. The number of rotatable bonds is 3. The standard InChI is InChI=1S/C16H16BrIO2/c1-9-4-6-12(16(20-3)10(9)2)15(19)13-8-11(18)5-7-14(13)17/h4-8,15,19H,1-3H3. The summed E-state index contributed by atoms with van der Waals surface area (Å²) in [5.74, 6) is 0.753. The second-order valence-electron chi connectivity index (χ2n) is 4.70. The summed E-state index contributed by atoms with van der Waals surface area (Å²) in [5.41, 5.74) is 3.85. The minimum atomic E-state index is -0.714. The third-order valence-electron chi connectivity index (χ3n) is 3.46. The highest BCUT2D eigenvalue weighted by Gasteiger charge is 2.20. The summed E-state index contributed by atoms with van der Waals surface area (Å²) in [6, 6.07) is 9.87. The summed E-state index contributed by atoms with van der Waals surface area (Å²) < 4.78 is 7.47. The Morgan fingerprint density at radius 2 is 1.85 bits per heavy atom. The van der Waals surface area contributed by atoms with E-state index in [0.29, 0.717) is 0 Å². The van der Waals surface area contributed by atoms with Crippen LogP contribution in [0.25, 0.3) is 0 Å². The van der Waals surface area contributed by atoms with E-state index < -0.39 is 6.10 Å². The van der Waals surface area contributed by atoms with Crippen molar-refractivity contribution in [2.24, 2.45) is 0 Å². The summed E-state index contributed by atoms with van der Waals surface area (Å²) in [6.07, 6.45) is -0.714. The first-order chi connectivity index (χ1) is 9.45. The number of aliphatic hydroxyl groups is 1. The Labute approximate surface area is 141 Å². The van der Waals surface area contributed by atoms with Gasteiger partial charge in [0, 0.05) is 19.2 Å². The lowest BCUT2D eigenvalue weighted by Crippen LogP contribution is -2.05. The van der Waals surface area contributed by atoms with Crippen LogP contribution in [0.15, 0.2) is 34.8 Å². The van der Waals surface area contributed by atoms with Gasteiger partial charge in [0.15, 0.2) is 0 Å². The van der Waals surface area contributed by atoms with Crippen molar-refractivity contribution in [2.75, 3.05) is 7.11 Å². The fourth-order valence-corrected chi connectivity index (χ4v) is 3.17. The molecule has 20 heavy (non-hydrogen) atoms. The van der Waals surface area contributed by atoms with Gasteiger partial charge in [-0.15, -0.1) is 0 Å². The van der Waals surface area contributed by atoms with Gasteiger partial charge in [-0.05, 0) is 65.8 Å². The number of ether oxygens (including phenoxy) is 1. The van der Waals surface area contributed by atoms with Crippen molar-refractivity contribution in [3.05, 3.63) is 60.6 Å². The van der Waals surface area contributed by atoms with Gasteiger partial charge in [0.2, 0.25) is 0 Å². The fraction of sp³-hybridized carbons (Fsp3) is 0.250. The first-order valence-electron chi connectivity index (χ1n) is 6.22. The van der Waals surface area contributed by atoms with Gasteiger partial charge in [0.1, 0.15) is 11.9 Å². The third kappa shape index (κ3) is 3.02. The molecular weight excluding hydrogens is 431 g/mol. The zero-order valence-corrected chi connectivity index (χ0v) is 15.3. The summed E-state index contributed by atoms with van der Waals surface area (Å²) in [4.78, 5) is 0. The number of hydrogen-bond acceptors (Lipinski definition) is 2. The lowest BCUT2D eigenvalue weighted by molar-refractivity contribution is 0.213. The van der Waals surface area contributed by atoms with Crippen molar-refractivity contribution in [1.82, 2.24) is 0 Å². The van der Waals surface area contributed by atoms with Crippen molar-refractivity contribution in [3.63, 3.8) is 0 Å². The Bertz CT molecular complexity index is 641. The monoisotopic (exact) mass is 446 g/mol. The van der Waals surface area contributed by atoms with Crippen LogP contribution in [0.4, 0.5) is 0 Å². The van der Waals surface area contributed by atoms with E-state index >= 15 is 0 Å². The second kappa shape index (κ2) is 6.45. The average molecular weight is 447 g/mol. The van der Waals surface area contributed by atoms with Gasteiger partial charge in [-0.2, -0.15) is 0 Å². The predicted molar refractivity (Wildman–Crippen MR) is 93.4 cm³/mol. The average Bonchev–Trinajstić information content (AvgIpc) is 2.43. The van der Waals surface area contributed by atoms with E-state index in [-0.39, 0.29) is 0 Å². The van der Waals surface area contributed by atoms with Crippen LogP contribution in [0.1, 0.15) is 28.4 Å². The molecule has 2 aromatic rings. The van der Waals surface area contributed by atoms with Crippen molar-refractivity contribution in [2.45, 2.75) is 20.0 Å². The first-order valence-corrected chi connectivity index (χ1v) is 8.10. The van der Waals surface area contributed by atoms with Crippen LogP contribution < -0.4 is 4.74 Å². The van der Waals surface area contributed by atoms with E-state index in [0.717, 1.165) is 36.0 Å². The Kier molecular flexibility index (Phi) is 5.09. The van der Waals surface area contributed by atoms with E-state index in [9.17, 15) is 5.11 Å².